The Labute approximate surface area is 147 Å². The van der Waals surface area contributed by atoms with E-state index in [2.05, 4.69) is 0 Å². The van der Waals surface area contributed by atoms with Crippen molar-refractivity contribution in [2.45, 2.75) is 0 Å². The Hall–Kier alpha value is -0.958. The third kappa shape index (κ3) is 19.0. The first-order chi connectivity index (χ1) is 10.6. The number of carboxylic acids is 4. The van der Waals surface area contributed by atoms with Crippen LogP contribution in [0.25, 0.3) is 0 Å². The molecule has 13 heteroatoms. The molecule has 0 fully saturated rings. The van der Waals surface area contributed by atoms with Crippen molar-refractivity contribution in [1.29, 1.82) is 0 Å². The summed E-state index contributed by atoms with van der Waals surface area (Å²) in [6, 6.07) is 0. The summed E-state index contributed by atoms with van der Waals surface area (Å²) in [5, 5.41) is 34.5. The molecule has 0 rings (SSSR count). The molecule has 0 aliphatic rings. The van der Waals surface area contributed by atoms with E-state index in [1.54, 1.807) is 0 Å². The van der Waals surface area contributed by atoms with E-state index in [9.17, 15) is 19.2 Å². The predicted octanol–water partition coefficient (Wildman–Crippen LogP) is -0.695. The van der Waals surface area contributed by atoms with Gasteiger partial charge in [-0.3, -0.25) is 29.0 Å². The van der Waals surface area contributed by atoms with Crippen LogP contribution in [0.15, 0.2) is 0 Å². The number of aliphatic carboxylic acids is 4. The summed E-state index contributed by atoms with van der Waals surface area (Å²) in [6.45, 7) is -2.25. The van der Waals surface area contributed by atoms with Crippen LogP contribution >= 0.6 is 19.1 Å². The van der Waals surface area contributed by atoms with Crippen molar-refractivity contribution < 1.29 is 55.5 Å². The Morgan fingerprint density at radius 3 is 0.957 bits per heavy atom. The second kappa shape index (κ2) is 14.6. The number of rotatable bonds is 11. The van der Waals surface area contributed by atoms with E-state index in [0.29, 0.717) is 0 Å². The fraction of sp³-hybridized carbons (Fsp3) is 0.600. The van der Waals surface area contributed by atoms with Crippen LogP contribution in [0.4, 0.5) is 0 Å². The van der Waals surface area contributed by atoms with Crippen LogP contribution in [0.2, 0.25) is 0 Å². The van der Waals surface area contributed by atoms with Gasteiger partial charge in [-0.1, -0.05) is 0 Å². The number of hydrogen-bond acceptors (Lipinski definition) is 6. The fourth-order valence-corrected chi connectivity index (χ4v) is 1.48. The molecule has 0 saturated heterocycles. The molecule has 0 aromatic rings. The maximum absolute atomic E-state index is 10.6. The molecule has 23 heavy (non-hydrogen) atoms. The summed E-state index contributed by atoms with van der Waals surface area (Å²) in [5.74, 6) is -4.91. The average molecular weight is 470 g/mol. The quantitative estimate of drug-likeness (QED) is 0.286. The number of nitrogens with zero attached hydrogens (tertiary/aromatic N) is 2. The number of carbonyl (C=O) groups is 4. The summed E-state index contributed by atoms with van der Waals surface area (Å²) in [7, 11) is 9.63. The van der Waals surface area contributed by atoms with Gasteiger partial charge in [-0.15, -0.1) is 0 Å². The molecular weight excluding hydrogens is 453 g/mol. The average Bonchev–Trinajstić information content (AvgIpc) is 2.33. The molecule has 0 aromatic heterocycles. The van der Waals surface area contributed by atoms with Crippen LogP contribution in [0.3, 0.4) is 0 Å². The van der Waals surface area contributed by atoms with E-state index in [4.69, 9.17) is 39.5 Å². The standard InChI is InChI=1S/C10H16N2O8.2ClH.Pd/c13-7(14)3-11(4-8(15)16)1-2-12(5-9(17)18)6-10(19)20;;;/h1-6H2,(H,13,14)(H,15,16)(H,17,18)(H,19,20);2*1H;/q;;;+2/p-2. The van der Waals surface area contributed by atoms with Crippen LogP contribution in [-0.4, -0.2) is 93.4 Å². The van der Waals surface area contributed by atoms with Crippen LogP contribution in [0.1, 0.15) is 0 Å². The van der Waals surface area contributed by atoms with E-state index in [1.165, 1.54) is 0 Å². The summed E-state index contributed by atoms with van der Waals surface area (Å²) in [6.07, 6.45) is 0. The summed E-state index contributed by atoms with van der Waals surface area (Å²) in [5.41, 5.74) is 0. The first kappa shape index (κ1) is 24.3. The summed E-state index contributed by atoms with van der Waals surface area (Å²) >= 11 is -0.106. The molecule has 0 bridgehead atoms. The molecule has 138 valence electrons. The molecule has 0 amide bonds. The minimum absolute atomic E-state index is 0.0703. The Morgan fingerprint density at radius 1 is 0.652 bits per heavy atom. The zero-order valence-electron chi connectivity index (χ0n) is 11.6. The molecule has 0 unspecified atom stereocenters. The van der Waals surface area contributed by atoms with Gasteiger partial charge in [-0.2, -0.15) is 0 Å². The van der Waals surface area contributed by atoms with Gasteiger partial charge >= 0.3 is 58.9 Å². The Balaban J connectivity index is 0. The first-order valence-electron chi connectivity index (χ1n) is 5.76. The maximum atomic E-state index is 10.6. The molecule has 0 saturated carbocycles. The molecule has 0 aliphatic heterocycles. The van der Waals surface area contributed by atoms with Crippen molar-refractivity contribution in [3.63, 3.8) is 0 Å². The van der Waals surface area contributed by atoms with Crippen molar-refractivity contribution in [2.75, 3.05) is 39.3 Å². The second-order valence-electron chi connectivity index (χ2n) is 4.04. The Morgan fingerprint density at radius 2 is 0.826 bits per heavy atom. The molecule has 10 nitrogen and oxygen atoms in total. The zero-order valence-corrected chi connectivity index (χ0v) is 14.7. The molecule has 0 aromatic carbocycles. The molecular formula is C10H16Cl2N2O8Pd. The van der Waals surface area contributed by atoms with E-state index in [-0.39, 0.29) is 29.0 Å². The topological polar surface area (TPSA) is 156 Å². The molecule has 0 heterocycles. The number of halogens is 2. The first-order valence-corrected chi connectivity index (χ1v) is 9.77. The van der Waals surface area contributed by atoms with Gasteiger partial charge in [-0.05, 0) is 0 Å². The summed E-state index contributed by atoms with van der Waals surface area (Å²) in [4.78, 5) is 44.4. The van der Waals surface area contributed by atoms with E-state index in [0.717, 1.165) is 9.80 Å². The minimum atomic E-state index is -1.23. The van der Waals surface area contributed by atoms with Crippen molar-refractivity contribution in [3.05, 3.63) is 0 Å². The van der Waals surface area contributed by atoms with Crippen molar-refractivity contribution in [1.82, 2.24) is 9.80 Å². The molecule has 4 N–H and O–H groups in total. The SMILES string of the molecule is O=C(O)CN(CCN(CC(=O)O)CC(=O)O)CC(=O)O.[Cl][Pd][Cl]. The molecule has 0 aliphatic carbocycles. The van der Waals surface area contributed by atoms with Crippen LogP contribution in [0.5, 0.6) is 0 Å². The van der Waals surface area contributed by atoms with Gasteiger partial charge in [0.25, 0.3) is 0 Å². The third-order valence-electron chi connectivity index (χ3n) is 2.17. The van der Waals surface area contributed by atoms with Gasteiger partial charge < -0.3 is 20.4 Å². The van der Waals surface area contributed by atoms with E-state index < -0.39 is 50.1 Å². The van der Waals surface area contributed by atoms with Gasteiger partial charge in [0.05, 0.1) is 26.2 Å². The van der Waals surface area contributed by atoms with Crippen LogP contribution in [-0.2, 0) is 35.1 Å². The fourth-order valence-electron chi connectivity index (χ4n) is 1.48. The van der Waals surface area contributed by atoms with Gasteiger partial charge in [0, 0.05) is 13.1 Å². The Kier molecular flexibility index (Phi) is 15.4. The van der Waals surface area contributed by atoms with Crippen molar-refractivity contribution >= 4 is 42.9 Å². The predicted molar refractivity (Wildman–Crippen MR) is 75.1 cm³/mol. The van der Waals surface area contributed by atoms with Crippen molar-refractivity contribution in [2.24, 2.45) is 0 Å². The van der Waals surface area contributed by atoms with Crippen LogP contribution < -0.4 is 0 Å². The normalized spacial score (nSPS) is 10.3. The van der Waals surface area contributed by atoms with Gasteiger partial charge in [0.15, 0.2) is 0 Å². The van der Waals surface area contributed by atoms with E-state index in [1.807, 2.05) is 0 Å². The number of carboxylic acid groups (broad SMARTS) is 4. The van der Waals surface area contributed by atoms with Gasteiger partial charge in [0.2, 0.25) is 0 Å². The monoisotopic (exact) mass is 468 g/mol. The molecule has 0 atom stereocenters. The van der Waals surface area contributed by atoms with Crippen LogP contribution in [0, 0.1) is 0 Å². The van der Waals surface area contributed by atoms with E-state index >= 15 is 0 Å². The third-order valence-corrected chi connectivity index (χ3v) is 2.17. The molecule has 0 radical (unpaired) electrons. The summed E-state index contributed by atoms with van der Waals surface area (Å²) < 4.78 is 0. The van der Waals surface area contributed by atoms with Gasteiger partial charge in [0.1, 0.15) is 0 Å². The molecule has 0 spiro atoms. The second-order valence-corrected chi connectivity index (χ2v) is 6.40. The Bertz CT molecular complexity index is 344. The van der Waals surface area contributed by atoms with Gasteiger partial charge in [-0.25, -0.2) is 0 Å². The number of hydrogen-bond donors (Lipinski definition) is 4. The zero-order chi connectivity index (χ0) is 18.4. The van der Waals surface area contributed by atoms with Crippen molar-refractivity contribution in [3.8, 4) is 0 Å².